The first-order chi connectivity index (χ1) is 14.6. The second-order valence-corrected chi connectivity index (χ2v) is 8.65. The minimum absolute atomic E-state index is 0.124. The number of amides is 1. The van der Waals surface area contributed by atoms with Crippen LogP contribution in [0.2, 0.25) is 5.02 Å². The van der Waals surface area contributed by atoms with E-state index < -0.39 is 0 Å². The van der Waals surface area contributed by atoms with Crippen molar-refractivity contribution < 1.29 is 9.32 Å². The highest BCUT2D eigenvalue weighted by molar-refractivity contribution is 8.00. The van der Waals surface area contributed by atoms with Crippen LogP contribution in [0.4, 0.5) is 16.5 Å². The predicted molar refractivity (Wildman–Crippen MR) is 118 cm³/mol. The van der Waals surface area contributed by atoms with Crippen molar-refractivity contribution in [2.75, 3.05) is 10.6 Å². The fourth-order valence-electron chi connectivity index (χ4n) is 2.50. The van der Waals surface area contributed by atoms with Crippen molar-refractivity contribution in [2.24, 2.45) is 0 Å². The lowest BCUT2D eigenvalue weighted by atomic mass is 10.2. The maximum Gasteiger partial charge on any atom is 0.259 e. The van der Waals surface area contributed by atoms with Crippen LogP contribution in [-0.4, -0.2) is 26.2 Å². The van der Waals surface area contributed by atoms with E-state index in [1.54, 1.807) is 6.07 Å². The van der Waals surface area contributed by atoms with Crippen LogP contribution in [0.5, 0.6) is 0 Å². The zero-order valence-corrected chi connectivity index (χ0v) is 18.0. The molecule has 4 aromatic rings. The number of rotatable bonds is 7. The largest absolute Gasteiger partial charge is 0.334 e. The van der Waals surface area contributed by atoms with Gasteiger partial charge in [-0.1, -0.05) is 58.1 Å². The van der Waals surface area contributed by atoms with E-state index in [4.69, 9.17) is 16.1 Å². The number of carbonyl (C=O) groups is 1. The average molecular weight is 459 g/mol. The average Bonchev–Trinajstić information content (AvgIpc) is 3.36. The van der Waals surface area contributed by atoms with Crippen LogP contribution in [0.25, 0.3) is 11.5 Å². The third kappa shape index (κ3) is 5.15. The Labute approximate surface area is 185 Å². The monoisotopic (exact) mass is 458 g/mol. The van der Waals surface area contributed by atoms with Gasteiger partial charge >= 0.3 is 0 Å². The van der Waals surface area contributed by atoms with E-state index in [1.807, 2.05) is 42.5 Å². The first kappa shape index (κ1) is 20.3. The van der Waals surface area contributed by atoms with Crippen molar-refractivity contribution in [1.29, 1.82) is 0 Å². The Hall–Kier alpha value is -2.95. The van der Waals surface area contributed by atoms with Crippen molar-refractivity contribution in [2.45, 2.75) is 17.0 Å². The van der Waals surface area contributed by atoms with Crippen molar-refractivity contribution in [1.82, 2.24) is 20.3 Å². The first-order valence-corrected chi connectivity index (χ1v) is 10.9. The van der Waals surface area contributed by atoms with Crippen molar-refractivity contribution >= 4 is 57.1 Å². The molecule has 2 aromatic carbocycles. The van der Waals surface area contributed by atoms with Gasteiger partial charge in [-0.05, 0) is 30.3 Å². The molecule has 152 valence electrons. The molecule has 0 unspecified atom stereocenters. The number of halogens is 1. The molecule has 0 fully saturated rings. The smallest absolute Gasteiger partial charge is 0.259 e. The van der Waals surface area contributed by atoms with Crippen molar-refractivity contribution in [3.05, 3.63) is 59.4 Å². The van der Waals surface area contributed by atoms with E-state index in [0.717, 1.165) is 10.0 Å². The number of benzene rings is 2. The summed E-state index contributed by atoms with van der Waals surface area (Å²) >= 11 is 9.03. The maximum absolute atomic E-state index is 11.2. The van der Waals surface area contributed by atoms with Gasteiger partial charge in [0.2, 0.25) is 11.0 Å². The summed E-state index contributed by atoms with van der Waals surface area (Å²) in [5.74, 6) is 1.29. The summed E-state index contributed by atoms with van der Waals surface area (Å²) in [7, 11) is 0. The zero-order chi connectivity index (χ0) is 20.9. The van der Waals surface area contributed by atoms with Crippen LogP contribution >= 0.6 is 34.7 Å². The molecule has 0 atom stereocenters. The molecule has 1 amide bonds. The molecule has 0 aliphatic heterocycles. The number of carbonyl (C=O) groups excluding carboxylic acids is 1. The predicted octanol–water partition coefficient (Wildman–Crippen LogP) is 5.24. The SMILES string of the molecule is CC(=O)Nc1cccc(Nc2nnc(SCc3noc(-c4ccccc4Cl)n3)s2)c1. The molecule has 0 saturated heterocycles. The summed E-state index contributed by atoms with van der Waals surface area (Å²) in [6.07, 6.45) is 0. The second kappa shape index (κ2) is 9.24. The highest BCUT2D eigenvalue weighted by atomic mass is 35.5. The van der Waals surface area contributed by atoms with E-state index in [2.05, 4.69) is 31.0 Å². The van der Waals surface area contributed by atoms with Crippen molar-refractivity contribution in [3.8, 4) is 11.5 Å². The highest BCUT2D eigenvalue weighted by Gasteiger charge is 2.13. The summed E-state index contributed by atoms with van der Waals surface area (Å²) in [5.41, 5.74) is 2.21. The molecular weight excluding hydrogens is 444 g/mol. The molecule has 0 aliphatic rings. The molecule has 2 aromatic heterocycles. The second-order valence-electron chi connectivity index (χ2n) is 6.04. The van der Waals surface area contributed by atoms with Gasteiger partial charge < -0.3 is 15.2 Å². The molecule has 11 heteroatoms. The normalized spacial score (nSPS) is 10.7. The van der Waals surface area contributed by atoms with Gasteiger partial charge in [-0.2, -0.15) is 4.98 Å². The van der Waals surface area contributed by atoms with Gasteiger partial charge in [0.05, 0.1) is 16.3 Å². The number of hydrogen-bond acceptors (Lipinski definition) is 9. The van der Waals surface area contributed by atoms with Crippen LogP contribution in [0.3, 0.4) is 0 Å². The molecule has 4 rings (SSSR count). The van der Waals surface area contributed by atoms with Crippen LogP contribution in [0, 0.1) is 0 Å². The number of aromatic nitrogens is 4. The number of anilines is 3. The summed E-state index contributed by atoms with van der Waals surface area (Å²) in [4.78, 5) is 15.6. The summed E-state index contributed by atoms with van der Waals surface area (Å²) in [6.45, 7) is 1.47. The van der Waals surface area contributed by atoms with E-state index >= 15 is 0 Å². The number of nitrogens with one attached hydrogen (secondary N) is 2. The third-order valence-corrected chi connectivity index (χ3v) is 6.04. The van der Waals surface area contributed by atoms with Crippen LogP contribution < -0.4 is 10.6 Å². The van der Waals surface area contributed by atoms with Gasteiger partial charge in [0.1, 0.15) is 0 Å². The van der Waals surface area contributed by atoms with Gasteiger partial charge in [0.25, 0.3) is 5.89 Å². The number of thioether (sulfide) groups is 1. The standard InChI is InChI=1S/C19H15ClN6O2S2/c1-11(27)21-12-5-4-6-13(9-12)22-18-24-25-19(30-18)29-10-16-23-17(28-26-16)14-7-2-3-8-15(14)20/h2-9H,10H2,1H3,(H,21,27)(H,22,24). The summed E-state index contributed by atoms with van der Waals surface area (Å²) in [6, 6.07) is 14.7. The molecule has 0 radical (unpaired) electrons. The third-order valence-electron chi connectivity index (χ3n) is 3.74. The molecular formula is C19H15ClN6O2S2. The van der Waals surface area contributed by atoms with Gasteiger partial charge in [-0.15, -0.1) is 10.2 Å². The van der Waals surface area contributed by atoms with Gasteiger partial charge in [0.15, 0.2) is 10.2 Å². The fourth-order valence-corrected chi connectivity index (χ4v) is 4.33. The highest BCUT2D eigenvalue weighted by Crippen LogP contribution is 2.31. The first-order valence-electron chi connectivity index (χ1n) is 8.75. The van der Waals surface area contributed by atoms with Gasteiger partial charge in [0, 0.05) is 18.3 Å². The van der Waals surface area contributed by atoms with E-state index in [-0.39, 0.29) is 5.91 Å². The van der Waals surface area contributed by atoms with Crippen LogP contribution in [-0.2, 0) is 10.5 Å². The lowest BCUT2D eigenvalue weighted by Crippen LogP contribution is -2.05. The zero-order valence-electron chi connectivity index (χ0n) is 15.6. The van der Waals surface area contributed by atoms with Crippen molar-refractivity contribution in [3.63, 3.8) is 0 Å². The number of hydrogen-bond donors (Lipinski definition) is 2. The Bertz CT molecular complexity index is 1180. The Morgan fingerprint density at radius 3 is 2.83 bits per heavy atom. The molecule has 30 heavy (non-hydrogen) atoms. The Balaban J connectivity index is 1.36. The Kier molecular flexibility index (Phi) is 6.26. The minimum atomic E-state index is -0.124. The van der Waals surface area contributed by atoms with Gasteiger partial charge in [-0.3, -0.25) is 4.79 Å². The molecule has 8 nitrogen and oxygen atoms in total. The molecule has 2 N–H and O–H groups in total. The lowest BCUT2D eigenvalue weighted by Gasteiger charge is -2.05. The molecule has 0 spiro atoms. The lowest BCUT2D eigenvalue weighted by molar-refractivity contribution is -0.114. The topological polar surface area (TPSA) is 106 Å². The van der Waals surface area contributed by atoms with Crippen LogP contribution in [0.1, 0.15) is 12.7 Å². The Morgan fingerprint density at radius 2 is 2.00 bits per heavy atom. The Morgan fingerprint density at radius 1 is 1.17 bits per heavy atom. The van der Waals surface area contributed by atoms with Crippen LogP contribution in [0.15, 0.2) is 57.4 Å². The van der Waals surface area contributed by atoms with E-state index in [0.29, 0.717) is 38.9 Å². The summed E-state index contributed by atoms with van der Waals surface area (Å²) < 4.78 is 6.07. The van der Waals surface area contributed by atoms with E-state index in [9.17, 15) is 4.79 Å². The minimum Gasteiger partial charge on any atom is -0.334 e. The molecule has 0 bridgehead atoms. The molecule has 0 aliphatic carbocycles. The van der Waals surface area contributed by atoms with Gasteiger partial charge in [-0.25, -0.2) is 0 Å². The molecule has 0 saturated carbocycles. The van der Waals surface area contributed by atoms with E-state index in [1.165, 1.54) is 30.0 Å². The maximum atomic E-state index is 11.2. The fraction of sp³-hybridized carbons (Fsp3) is 0.105. The number of nitrogens with zero attached hydrogens (tertiary/aromatic N) is 4. The molecule has 2 heterocycles. The summed E-state index contributed by atoms with van der Waals surface area (Å²) in [5, 5.41) is 19.4. The quantitative estimate of drug-likeness (QED) is 0.362.